The van der Waals surface area contributed by atoms with Crippen molar-refractivity contribution in [2.75, 3.05) is 0 Å². The summed E-state index contributed by atoms with van der Waals surface area (Å²) in [4.78, 5) is 17.8. The number of hydrogen-bond acceptors (Lipinski definition) is 2. The van der Waals surface area contributed by atoms with Crippen LogP contribution in [-0.4, -0.2) is 15.3 Å². The fraction of sp³-hybridized carbons (Fsp3) is 0.130. The third kappa shape index (κ3) is 3.39. The normalized spacial score (nSPS) is 11.0. The predicted molar refractivity (Wildman–Crippen MR) is 108 cm³/mol. The number of imidazole rings is 1. The van der Waals surface area contributed by atoms with E-state index < -0.39 is 0 Å². The van der Waals surface area contributed by atoms with E-state index in [1.165, 1.54) is 6.07 Å². The smallest absolute Gasteiger partial charge is 0.270 e. The van der Waals surface area contributed by atoms with Crippen LogP contribution in [0.2, 0.25) is 0 Å². The number of carbonyl (C=O) groups excluding carboxylic acids is 1. The molecule has 4 aromatic rings. The molecule has 4 nitrogen and oxygen atoms in total. The highest BCUT2D eigenvalue weighted by molar-refractivity contribution is 5.99. The Balaban J connectivity index is 1.76. The topological polar surface area (TPSA) is 46.4 Å². The first-order valence-corrected chi connectivity index (χ1v) is 9.10. The molecular weight excluding hydrogens is 353 g/mol. The Labute approximate surface area is 162 Å². The molecule has 5 heteroatoms. The number of amides is 1. The van der Waals surface area contributed by atoms with E-state index in [1.54, 1.807) is 22.6 Å². The Morgan fingerprint density at radius 2 is 1.71 bits per heavy atom. The number of nitrogens with zero attached hydrogens (tertiary/aromatic N) is 2. The van der Waals surface area contributed by atoms with Crippen LogP contribution in [0.4, 0.5) is 4.39 Å². The number of pyridine rings is 1. The molecule has 0 aliphatic rings. The van der Waals surface area contributed by atoms with Gasteiger partial charge in [-0.25, -0.2) is 9.37 Å². The van der Waals surface area contributed by atoms with Crippen LogP contribution in [0.5, 0.6) is 0 Å². The summed E-state index contributed by atoms with van der Waals surface area (Å²) in [6, 6.07) is 18.2. The van der Waals surface area contributed by atoms with Gasteiger partial charge in [0.25, 0.3) is 5.91 Å². The van der Waals surface area contributed by atoms with Crippen molar-refractivity contribution in [1.29, 1.82) is 0 Å². The van der Waals surface area contributed by atoms with E-state index >= 15 is 0 Å². The quantitative estimate of drug-likeness (QED) is 0.564. The number of rotatable bonds is 4. The number of benzene rings is 2. The van der Waals surface area contributed by atoms with Gasteiger partial charge >= 0.3 is 0 Å². The van der Waals surface area contributed by atoms with E-state index in [-0.39, 0.29) is 18.3 Å². The minimum Gasteiger partial charge on any atom is -0.346 e. The Morgan fingerprint density at radius 3 is 2.46 bits per heavy atom. The van der Waals surface area contributed by atoms with Crippen molar-refractivity contribution < 1.29 is 9.18 Å². The fourth-order valence-corrected chi connectivity index (χ4v) is 3.18. The third-order valence-corrected chi connectivity index (χ3v) is 4.70. The number of carbonyl (C=O) groups is 1. The highest BCUT2D eigenvalue weighted by Gasteiger charge is 2.21. The molecule has 0 aliphatic carbocycles. The molecule has 1 N–H and O–H groups in total. The zero-order valence-electron chi connectivity index (χ0n) is 15.7. The maximum atomic E-state index is 13.9. The van der Waals surface area contributed by atoms with Crippen LogP contribution in [0, 0.1) is 19.7 Å². The van der Waals surface area contributed by atoms with Gasteiger partial charge in [0.15, 0.2) is 0 Å². The van der Waals surface area contributed by atoms with E-state index in [2.05, 4.69) is 10.3 Å². The van der Waals surface area contributed by atoms with Gasteiger partial charge in [0.2, 0.25) is 0 Å². The summed E-state index contributed by atoms with van der Waals surface area (Å²) >= 11 is 0. The fourth-order valence-electron chi connectivity index (χ4n) is 3.18. The molecule has 28 heavy (non-hydrogen) atoms. The summed E-state index contributed by atoms with van der Waals surface area (Å²) in [5.74, 6) is -0.632. The largest absolute Gasteiger partial charge is 0.346 e. The molecule has 1 amide bonds. The van der Waals surface area contributed by atoms with Gasteiger partial charge in [-0.15, -0.1) is 0 Å². The minimum atomic E-state index is -0.337. The van der Waals surface area contributed by atoms with Gasteiger partial charge in [0.1, 0.15) is 22.9 Å². The van der Waals surface area contributed by atoms with Crippen molar-refractivity contribution in [2.45, 2.75) is 20.4 Å². The van der Waals surface area contributed by atoms with Gasteiger partial charge in [-0.1, -0.05) is 54.1 Å². The summed E-state index contributed by atoms with van der Waals surface area (Å²) in [5, 5.41) is 2.84. The van der Waals surface area contributed by atoms with Crippen LogP contribution in [0.15, 0.2) is 66.9 Å². The average Bonchev–Trinajstić information content (AvgIpc) is 3.06. The first-order chi connectivity index (χ1) is 13.5. The summed E-state index contributed by atoms with van der Waals surface area (Å²) in [6.45, 7) is 4.09. The number of aromatic nitrogens is 2. The molecule has 140 valence electrons. The second-order valence-electron chi connectivity index (χ2n) is 6.88. The first kappa shape index (κ1) is 17.9. The number of halogens is 1. The monoisotopic (exact) mass is 373 g/mol. The molecule has 0 bridgehead atoms. The molecule has 2 aromatic carbocycles. The van der Waals surface area contributed by atoms with Gasteiger partial charge < -0.3 is 5.32 Å². The SMILES string of the molecule is Cc1ccc(-c2nc3ccc(C)cn3c2C(=O)NCc2ccccc2F)cc1. The lowest BCUT2D eigenvalue weighted by molar-refractivity contribution is 0.0945. The Kier molecular flexibility index (Phi) is 4.65. The predicted octanol–water partition coefficient (Wildman–Crippen LogP) is 4.69. The summed E-state index contributed by atoms with van der Waals surface area (Å²) in [5.41, 5.74) is 5.20. The maximum Gasteiger partial charge on any atom is 0.270 e. The molecule has 0 unspecified atom stereocenters. The number of fused-ring (bicyclic) bond motifs is 1. The Morgan fingerprint density at radius 1 is 1.00 bits per heavy atom. The van der Waals surface area contributed by atoms with Crippen LogP contribution in [0.1, 0.15) is 27.2 Å². The van der Waals surface area contributed by atoms with Crippen molar-refractivity contribution in [1.82, 2.24) is 14.7 Å². The van der Waals surface area contributed by atoms with Crippen molar-refractivity contribution >= 4 is 11.6 Å². The number of aryl methyl sites for hydroxylation is 2. The summed E-state index contributed by atoms with van der Waals surface area (Å²) in [7, 11) is 0. The summed E-state index contributed by atoms with van der Waals surface area (Å²) in [6.07, 6.45) is 1.89. The molecule has 0 aliphatic heterocycles. The Bertz CT molecular complexity index is 1160. The van der Waals surface area contributed by atoms with E-state index in [1.807, 2.05) is 56.4 Å². The average molecular weight is 373 g/mol. The highest BCUT2D eigenvalue weighted by Crippen LogP contribution is 2.25. The second-order valence-corrected chi connectivity index (χ2v) is 6.88. The van der Waals surface area contributed by atoms with E-state index in [0.29, 0.717) is 22.6 Å². The van der Waals surface area contributed by atoms with Crippen LogP contribution < -0.4 is 5.32 Å². The van der Waals surface area contributed by atoms with E-state index in [4.69, 9.17) is 0 Å². The van der Waals surface area contributed by atoms with Gasteiger partial charge in [0, 0.05) is 23.9 Å². The van der Waals surface area contributed by atoms with Crippen LogP contribution >= 0.6 is 0 Å². The van der Waals surface area contributed by atoms with Crippen molar-refractivity contribution in [3.05, 3.63) is 95.1 Å². The number of hydrogen-bond donors (Lipinski definition) is 1. The van der Waals surface area contributed by atoms with Crippen molar-refractivity contribution in [3.63, 3.8) is 0 Å². The molecular formula is C23H20FN3O. The van der Waals surface area contributed by atoms with Gasteiger partial charge in [-0.3, -0.25) is 9.20 Å². The highest BCUT2D eigenvalue weighted by atomic mass is 19.1. The van der Waals surface area contributed by atoms with Crippen LogP contribution in [0.3, 0.4) is 0 Å². The maximum absolute atomic E-state index is 13.9. The molecule has 2 aromatic heterocycles. The molecule has 0 atom stereocenters. The second kappa shape index (κ2) is 7.27. The lowest BCUT2D eigenvalue weighted by Gasteiger charge is -2.09. The lowest BCUT2D eigenvalue weighted by atomic mass is 10.1. The molecule has 0 saturated carbocycles. The Hall–Kier alpha value is -3.47. The van der Waals surface area contributed by atoms with E-state index in [0.717, 1.165) is 16.7 Å². The van der Waals surface area contributed by atoms with E-state index in [9.17, 15) is 9.18 Å². The van der Waals surface area contributed by atoms with Crippen molar-refractivity contribution in [3.8, 4) is 11.3 Å². The molecule has 4 rings (SSSR count). The zero-order chi connectivity index (χ0) is 19.7. The first-order valence-electron chi connectivity index (χ1n) is 9.10. The molecule has 0 saturated heterocycles. The zero-order valence-corrected chi connectivity index (χ0v) is 15.7. The molecule has 0 fully saturated rings. The van der Waals surface area contributed by atoms with Crippen molar-refractivity contribution in [2.24, 2.45) is 0 Å². The third-order valence-electron chi connectivity index (χ3n) is 4.70. The lowest BCUT2D eigenvalue weighted by Crippen LogP contribution is -2.25. The standard InChI is InChI=1S/C23H20FN3O/c1-15-7-10-17(11-8-15)21-22(27-14-16(2)9-12-20(27)26-21)23(28)25-13-18-5-3-4-6-19(18)24/h3-12,14H,13H2,1-2H3,(H,25,28). The van der Waals surface area contributed by atoms with Gasteiger partial charge in [-0.2, -0.15) is 0 Å². The summed E-state index contributed by atoms with van der Waals surface area (Å²) < 4.78 is 15.7. The van der Waals surface area contributed by atoms with Gasteiger partial charge in [0.05, 0.1) is 0 Å². The molecule has 0 spiro atoms. The number of nitrogens with one attached hydrogen (secondary N) is 1. The van der Waals surface area contributed by atoms with Crippen LogP contribution in [0.25, 0.3) is 16.9 Å². The molecule has 0 radical (unpaired) electrons. The molecule has 2 heterocycles. The van der Waals surface area contributed by atoms with Crippen LogP contribution in [-0.2, 0) is 6.54 Å². The minimum absolute atomic E-state index is 0.109. The van der Waals surface area contributed by atoms with Gasteiger partial charge in [-0.05, 0) is 31.5 Å².